The van der Waals surface area contributed by atoms with Gasteiger partial charge < -0.3 is 26.0 Å². The summed E-state index contributed by atoms with van der Waals surface area (Å²) in [4.78, 5) is 17.8. The number of carboxylic acids is 2. The molecule has 0 heterocycles. The zero-order valence-electron chi connectivity index (χ0n) is 25.5. The first kappa shape index (κ1) is 38.6. The number of hydrogen-bond donors (Lipinski definition) is 1. The number of carboxylic acid groups (broad SMARTS) is 2. The fraction of sp³-hybridized carbons (Fsp3) is 0.111. The summed E-state index contributed by atoms with van der Waals surface area (Å²) in [7, 11) is -1.40. The first-order chi connectivity index (χ1) is 21.7. The summed E-state index contributed by atoms with van der Waals surface area (Å²) in [5, 5.41) is 22.9. The average molecular weight is 753 g/mol. The van der Waals surface area contributed by atoms with Gasteiger partial charge in [-0.25, -0.2) is 0 Å². The fourth-order valence-corrected chi connectivity index (χ4v) is 19.2. The Labute approximate surface area is 277 Å². The number of benzene rings is 5. The van der Waals surface area contributed by atoms with Crippen LogP contribution < -0.4 is 41.6 Å². The molecule has 0 bridgehead atoms. The van der Waals surface area contributed by atoms with Crippen LogP contribution in [-0.2, 0) is 26.3 Å². The second-order valence-corrected chi connectivity index (χ2v) is 19.1. The van der Waals surface area contributed by atoms with Gasteiger partial charge in [0.05, 0.1) is 0 Å². The van der Waals surface area contributed by atoms with E-state index in [9.17, 15) is 4.39 Å². The molecule has 0 unspecified atom stereocenters. The van der Waals surface area contributed by atoms with Crippen molar-refractivity contribution in [1.82, 2.24) is 6.15 Å². The quantitative estimate of drug-likeness (QED) is 0.180. The Balaban J connectivity index is 0.000000736. The summed E-state index contributed by atoms with van der Waals surface area (Å²) in [5.41, 5.74) is 0. The molecule has 3 N–H and O–H groups in total. The van der Waals surface area contributed by atoms with E-state index in [0.717, 1.165) is 29.2 Å². The third kappa shape index (κ3) is 13.0. The maximum absolute atomic E-state index is 15.4. The molecule has 0 amide bonds. The van der Waals surface area contributed by atoms with Gasteiger partial charge in [-0.15, -0.1) is 0 Å². The van der Waals surface area contributed by atoms with Crippen LogP contribution in [0.3, 0.4) is 0 Å². The third-order valence-corrected chi connectivity index (χ3v) is 18.7. The smallest absolute Gasteiger partial charge is 0.344 e. The molecule has 5 rings (SSSR count). The standard InChI is InChI=1S/2C13H12P.C6H3F2.2C2H4O2.H3N.Pd/c2*1-14(12-8-4-2-5-9-12)13-10-6-3-7-11-13;7-5-2-1-3-6(8)4-5;2*1-2(3)4;;/h2*2-11H,1H2;1-2,4H;2*1H3,(H,3,4);1H3;/q;;;;;;+2/p-2. The van der Waals surface area contributed by atoms with Gasteiger partial charge in [-0.2, -0.15) is 0 Å². The minimum atomic E-state index is -1.64. The van der Waals surface area contributed by atoms with E-state index in [0.29, 0.717) is 4.04 Å². The van der Waals surface area contributed by atoms with Crippen LogP contribution in [0.1, 0.15) is 13.8 Å². The van der Waals surface area contributed by atoms with Crippen LogP contribution in [0, 0.1) is 11.6 Å². The van der Waals surface area contributed by atoms with Crippen molar-refractivity contribution in [2.45, 2.75) is 13.8 Å². The first-order valence-electron chi connectivity index (χ1n) is 13.7. The molecule has 46 heavy (non-hydrogen) atoms. The summed E-state index contributed by atoms with van der Waals surface area (Å²) in [6.45, 7) is 1.94. The van der Waals surface area contributed by atoms with Crippen molar-refractivity contribution in [2.24, 2.45) is 0 Å². The van der Waals surface area contributed by atoms with Crippen molar-refractivity contribution >= 4 is 53.0 Å². The predicted molar refractivity (Wildman–Crippen MR) is 180 cm³/mol. The summed E-state index contributed by atoms with van der Waals surface area (Å²) >= 11 is -1.64. The largest absolute Gasteiger partial charge is 0.344 e. The van der Waals surface area contributed by atoms with Crippen molar-refractivity contribution < 1.29 is 45.3 Å². The third-order valence-electron chi connectivity index (χ3n) is 5.81. The Kier molecular flexibility index (Phi) is 17.2. The number of rotatable bonds is 9. The van der Waals surface area contributed by atoms with E-state index < -0.39 is 56.2 Å². The second kappa shape index (κ2) is 20.5. The molecule has 0 saturated carbocycles. The van der Waals surface area contributed by atoms with Gasteiger partial charge in [-0.05, 0) is 13.8 Å². The maximum Gasteiger partial charge on any atom is -0.344 e. The molecule has 0 spiro atoms. The monoisotopic (exact) mass is 752 g/mol. The van der Waals surface area contributed by atoms with E-state index in [1.807, 2.05) is 24.3 Å². The molecular formula is C36H36F2NO4P2Pd. The van der Waals surface area contributed by atoms with E-state index in [1.54, 1.807) is 6.07 Å². The SMILES string of the molecule is CC(=O)[O-].CC(=O)[O-].Fc1cc[c]([Pd+2]([CH2]P(c2ccccc2)c2ccccc2)[CH2]P(c2ccccc2)c2ccccc2)c(F)c1.N. The van der Waals surface area contributed by atoms with Crippen LogP contribution in [0.25, 0.3) is 0 Å². The van der Waals surface area contributed by atoms with E-state index in [1.165, 1.54) is 27.3 Å². The summed E-state index contributed by atoms with van der Waals surface area (Å²) in [6, 6.07) is 46.6. The number of carbonyl (C=O) groups excluding carboxylic acids is 2. The summed E-state index contributed by atoms with van der Waals surface area (Å²) in [6.07, 6.45) is 0. The molecule has 0 aliphatic carbocycles. The van der Waals surface area contributed by atoms with Crippen molar-refractivity contribution in [3.63, 3.8) is 0 Å². The van der Waals surface area contributed by atoms with Crippen molar-refractivity contribution in [3.8, 4) is 0 Å². The van der Waals surface area contributed by atoms with Crippen molar-refractivity contribution in [1.29, 1.82) is 0 Å². The van der Waals surface area contributed by atoms with Crippen LogP contribution in [-0.4, -0.2) is 21.2 Å². The molecule has 5 aromatic rings. The number of aliphatic carboxylic acids is 2. The molecule has 0 atom stereocenters. The topological polar surface area (TPSA) is 115 Å². The van der Waals surface area contributed by atoms with Gasteiger partial charge in [0.1, 0.15) is 0 Å². The van der Waals surface area contributed by atoms with Gasteiger partial charge in [0.2, 0.25) is 0 Å². The van der Waals surface area contributed by atoms with Gasteiger partial charge in [0.25, 0.3) is 0 Å². The molecule has 5 aromatic carbocycles. The minimum Gasteiger partial charge on any atom is -0.344 e. The van der Waals surface area contributed by atoms with Gasteiger partial charge >= 0.3 is 227 Å². The molecule has 0 fully saturated rings. The van der Waals surface area contributed by atoms with Gasteiger partial charge in [-0.1, -0.05) is 0 Å². The molecule has 0 aliphatic rings. The van der Waals surface area contributed by atoms with Gasteiger partial charge in [0.15, 0.2) is 0 Å². The number of halogens is 2. The molecule has 0 aliphatic heterocycles. The fourth-order valence-electron chi connectivity index (χ4n) is 3.98. The number of hydrogen-bond acceptors (Lipinski definition) is 5. The average Bonchev–Trinajstić information content (AvgIpc) is 3.03. The van der Waals surface area contributed by atoms with E-state index in [-0.39, 0.29) is 6.15 Å². The Morgan fingerprint density at radius 3 is 1.11 bits per heavy atom. The first-order valence-corrected chi connectivity index (χ1v) is 19.7. The Morgan fingerprint density at radius 1 is 0.565 bits per heavy atom. The van der Waals surface area contributed by atoms with E-state index >= 15 is 4.39 Å². The van der Waals surface area contributed by atoms with Crippen LogP contribution in [0.15, 0.2) is 140 Å². The van der Waals surface area contributed by atoms with Crippen molar-refractivity contribution in [2.75, 3.05) is 9.27 Å². The zero-order valence-corrected chi connectivity index (χ0v) is 28.8. The second-order valence-electron chi connectivity index (χ2n) is 9.29. The normalized spacial score (nSPS) is 10.4. The molecule has 0 radical (unpaired) electrons. The molecule has 5 nitrogen and oxygen atoms in total. The molecule has 0 aromatic heterocycles. The molecule has 10 heteroatoms. The van der Waals surface area contributed by atoms with Crippen molar-refractivity contribution in [3.05, 3.63) is 151 Å². The molecular weight excluding hydrogens is 717 g/mol. The van der Waals surface area contributed by atoms with Crippen LogP contribution in [0.2, 0.25) is 0 Å². The zero-order chi connectivity index (χ0) is 32.6. The Hall–Kier alpha value is -3.62. The minimum absolute atomic E-state index is 0. The number of carbonyl (C=O) groups is 2. The van der Waals surface area contributed by atoms with Gasteiger partial charge in [0, 0.05) is 11.9 Å². The van der Waals surface area contributed by atoms with Gasteiger partial charge in [-0.3, -0.25) is 0 Å². The predicted octanol–water partition coefficient (Wildman–Crippen LogP) is 4.06. The Bertz CT molecular complexity index is 1440. The Morgan fingerprint density at radius 2 is 0.848 bits per heavy atom. The summed E-state index contributed by atoms with van der Waals surface area (Å²) in [5.74, 6) is -3.10. The summed E-state index contributed by atoms with van der Waals surface area (Å²) < 4.78 is 31.9. The van der Waals surface area contributed by atoms with E-state index in [4.69, 9.17) is 19.8 Å². The van der Waals surface area contributed by atoms with Crippen LogP contribution in [0.4, 0.5) is 8.78 Å². The van der Waals surface area contributed by atoms with Crippen LogP contribution >= 0.6 is 15.8 Å². The molecule has 243 valence electrons. The molecule has 0 saturated heterocycles. The van der Waals surface area contributed by atoms with Crippen LogP contribution in [0.5, 0.6) is 0 Å². The maximum atomic E-state index is 15.4. The van der Waals surface area contributed by atoms with E-state index in [2.05, 4.69) is 97.1 Å².